The Morgan fingerprint density at radius 1 is 1.36 bits per heavy atom. The second kappa shape index (κ2) is 9.62. The molecule has 2 aliphatic rings. The van der Waals surface area contributed by atoms with Crippen LogP contribution in [0.4, 0.5) is 0 Å². The molecule has 1 N–H and O–H groups in total. The van der Waals surface area contributed by atoms with Gasteiger partial charge in [-0.25, -0.2) is 8.42 Å². The van der Waals surface area contributed by atoms with Crippen molar-refractivity contribution >= 4 is 28.2 Å². The number of nitrogens with one attached hydrogen (secondary N) is 1. The minimum absolute atomic E-state index is 0. The number of nitrogens with zero attached hydrogens (tertiary/aromatic N) is 1. The number of hydrogen-bond donors (Lipinski definition) is 1. The van der Waals surface area contributed by atoms with Gasteiger partial charge >= 0.3 is 0 Å². The Labute approximate surface area is 172 Å². The molecule has 2 aliphatic heterocycles. The van der Waals surface area contributed by atoms with Gasteiger partial charge in [-0.15, -0.1) is 19.0 Å². The monoisotopic (exact) mass is 430 g/mol. The van der Waals surface area contributed by atoms with Crippen LogP contribution in [0.3, 0.4) is 0 Å². The van der Waals surface area contributed by atoms with Crippen LogP contribution in [0.2, 0.25) is 0 Å². The van der Waals surface area contributed by atoms with E-state index >= 15 is 0 Å². The van der Waals surface area contributed by atoms with Crippen molar-refractivity contribution in [1.29, 1.82) is 0 Å². The number of benzene rings is 1. The summed E-state index contributed by atoms with van der Waals surface area (Å²) in [5.41, 5.74) is 0.201. The molecule has 1 fully saturated rings. The molecule has 1 unspecified atom stereocenters. The molecule has 2 heterocycles. The van der Waals surface area contributed by atoms with Crippen LogP contribution in [0.25, 0.3) is 0 Å². The molecule has 1 aromatic carbocycles. The standard InChI is InChI=1S/C19H26N2O5S.ClH/c1-3-7-21-8-5-6-14(21)13-20-19(22)16-11-15(27(23,24)4-2)12-17-18(16)26-10-9-25-17;/h3,11-12,14H,1,4-10,13H2,2H3,(H,20,22);1H. The molecule has 1 amide bonds. The largest absolute Gasteiger partial charge is 0.486 e. The number of carbonyl (C=O) groups excluding carboxylic acids is 1. The number of hydrogen-bond acceptors (Lipinski definition) is 6. The van der Waals surface area contributed by atoms with Crippen LogP contribution in [0.15, 0.2) is 29.7 Å². The Kier molecular flexibility index (Phi) is 7.74. The molecule has 0 spiro atoms. The zero-order valence-corrected chi connectivity index (χ0v) is 17.6. The molecule has 1 atom stereocenters. The Balaban J connectivity index is 0.00000280. The molecule has 0 bridgehead atoms. The van der Waals surface area contributed by atoms with Crippen LogP contribution in [0, 0.1) is 0 Å². The number of halogens is 1. The summed E-state index contributed by atoms with van der Waals surface area (Å²) in [7, 11) is -3.47. The highest BCUT2D eigenvalue weighted by Gasteiger charge is 2.28. The van der Waals surface area contributed by atoms with Crippen molar-refractivity contribution in [3.8, 4) is 11.5 Å². The Morgan fingerprint density at radius 2 is 2.11 bits per heavy atom. The van der Waals surface area contributed by atoms with Gasteiger partial charge in [0.1, 0.15) is 13.2 Å². The molecule has 0 aliphatic carbocycles. The molecule has 9 heteroatoms. The van der Waals surface area contributed by atoms with Crippen LogP contribution in [-0.2, 0) is 9.84 Å². The van der Waals surface area contributed by atoms with Gasteiger partial charge in [0.05, 0.1) is 16.2 Å². The van der Waals surface area contributed by atoms with Gasteiger partial charge in [0.15, 0.2) is 21.3 Å². The molecule has 1 aromatic rings. The zero-order valence-electron chi connectivity index (χ0n) is 16.0. The highest BCUT2D eigenvalue weighted by atomic mass is 35.5. The third kappa shape index (κ3) is 4.79. The highest BCUT2D eigenvalue weighted by Crippen LogP contribution is 2.37. The van der Waals surface area contributed by atoms with Gasteiger partial charge in [-0.2, -0.15) is 0 Å². The average Bonchev–Trinajstić information content (AvgIpc) is 3.12. The van der Waals surface area contributed by atoms with E-state index in [9.17, 15) is 13.2 Å². The quantitative estimate of drug-likeness (QED) is 0.666. The molecule has 1 saturated heterocycles. The predicted molar refractivity (Wildman–Crippen MR) is 110 cm³/mol. The van der Waals surface area contributed by atoms with Crippen LogP contribution in [0.5, 0.6) is 11.5 Å². The Hall–Kier alpha value is -1.77. The fourth-order valence-electron chi connectivity index (χ4n) is 3.48. The first kappa shape index (κ1) is 22.5. The van der Waals surface area contributed by atoms with Gasteiger partial charge in [-0.05, 0) is 25.5 Å². The van der Waals surface area contributed by atoms with Crippen molar-refractivity contribution in [3.05, 3.63) is 30.4 Å². The molecule has 7 nitrogen and oxygen atoms in total. The van der Waals surface area contributed by atoms with Crippen molar-refractivity contribution in [1.82, 2.24) is 10.2 Å². The molecule has 28 heavy (non-hydrogen) atoms. The number of carbonyl (C=O) groups is 1. The predicted octanol–water partition coefficient (Wildman–Crippen LogP) is 2.05. The van der Waals surface area contributed by atoms with Crippen LogP contribution in [0.1, 0.15) is 30.1 Å². The second-order valence-corrected chi connectivity index (χ2v) is 8.97. The lowest BCUT2D eigenvalue weighted by Crippen LogP contribution is -2.40. The number of fused-ring (bicyclic) bond motifs is 1. The molecule has 0 radical (unpaired) electrons. The van der Waals surface area contributed by atoms with Crippen LogP contribution >= 0.6 is 12.4 Å². The topological polar surface area (TPSA) is 84.9 Å². The van der Waals surface area contributed by atoms with Crippen molar-refractivity contribution in [3.63, 3.8) is 0 Å². The van der Waals surface area contributed by atoms with E-state index < -0.39 is 9.84 Å². The fraction of sp³-hybridized carbons (Fsp3) is 0.526. The van der Waals surface area contributed by atoms with E-state index in [4.69, 9.17) is 9.47 Å². The van der Waals surface area contributed by atoms with Crippen molar-refractivity contribution in [2.45, 2.75) is 30.7 Å². The van der Waals surface area contributed by atoms with E-state index in [1.165, 1.54) is 12.1 Å². The number of ether oxygens (including phenoxy) is 2. The maximum atomic E-state index is 12.8. The van der Waals surface area contributed by atoms with Gasteiger partial charge < -0.3 is 14.8 Å². The summed E-state index contributed by atoms with van der Waals surface area (Å²) >= 11 is 0. The van der Waals surface area contributed by atoms with Crippen molar-refractivity contribution in [2.75, 3.05) is 38.6 Å². The SMILES string of the molecule is C=CCN1CCCC1CNC(=O)c1cc(S(=O)(=O)CC)cc2c1OCCO2.Cl. The van der Waals surface area contributed by atoms with E-state index in [-0.39, 0.29) is 40.6 Å². The zero-order chi connectivity index (χ0) is 19.4. The average molecular weight is 431 g/mol. The highest BCUT2D eigenvalue weighted by molar-refractivity contribution is 7.91. The number of likely N-dealkylation sites (tertiary alicyclic amines) is 1. The van der Waals surface area contributed by atoms with Gasteiger partial charge in [0.2, 0.25) is 0 Å². The van der Waals surface area contributed by atoms with E-state index in [0.717, 1.165) is 25.9 Å². The minimum Gasteiger partial charge on any atom is -0.486 e. The van der Waals surface area contributed by atoms with E-state index in [1.54, 1.807) is 6.92 Å². The summed E-state index contributed by atoms with van der Waals surface area (Å²) in [5.74, 6) is 0.209. The first-order valence-corrected chi connectivity index (χ1v) is 10.9. The van der Waals surface area contributed by atoms with Crippen molar-refractivity contribution < 1.29 is 22.7 Å². The number of rotatable bonds is 7. The third-order valence-corrected chi connectivity index (χ3v) is 6.67. The van der Waals surface area contributed by atoms with Crippen molar-refractivity contribution in [2.24, 2.45) is 0 Å². The summed E-state index contributed by atoms with van der Waals surface area (Å²) in [6.45, 7) is 8.26. The second-order valence-electron chi connectivity index (χ2n) is 6.69. The normalized spacial score (nSPS) is 19.0. The maximum absolute atomic E-state index is 12.8. The van der Waals surface area contributed by atoms with E-state index in [0.29, 0.717) is 31.3 Å². The number of amides is 1. The fourth-order valence-corrected chi connectivity index (χ4v) is 4.40. The Morgan fingerprint density at radius 3 is 2.82 bits per heavy atom. The lowest BCUT2D eigenvalue weighted by molar-refractivity contribution is 0.0930. The van der Waals surface area contributed by atoms with Crippen LogP contribution in [-0.4, -0.2) is 63.9 Å². The summed E-state index contributed by atoms with van der Waals surface area (Å²) in [6.07, 6.45) is 3.96. The molecule has 3 rings (SSSR count). The first-order valence-electron chi connectivity index (χ1n) is 9.25. The molecule has 156 valence electrons. The van der Waals surface area contributed by atoms with Gasteiger partial charge in [-0.1, -0.05) is 13.0 Å². The smallest absolute Gasteiger partial charge is 0.255 e. The summed E-state index contributed by atoms with van der Waals surface area (Å²) in [6, 6.07) is 3.08. The third-order valence-electron chi connectivity index (χ3n) is 4.96. The molecular weight excluding hydrogens is 404 g/mol. The lowest BCUT2D eigenvalue weighted by Gasteiger charge is -2.24. The molecule has 0 saturated carbocycles. The van der Waals surface area contributed by atoms with Gasteiger partial charge in [0, 0.05) is 25.2 Å². The van der Waals surface area contributed by atoms with Gasteiger partial charge in [0.25, 0.3) is 5.91 Å². The lowest BCUT2D eigenvalue weighted by atomic mass is 10.1. The van der Waals surface area contributed by atoms with Gasteiger partial charge in [-0.3, -0.25) is 9.69 Å². The number of sulfone groups is 1. The van der Waals surface area contributed by atoms with Crippen LogP contribution < -0.4 is 14.8 Å². The summed E-state index contributed by atoms with van der Waals surface area (Å²) in [5, 5.41) is 2.93. The summed E-state index contributed by atoms with van der Waals surface area (Å²) in [4.78, 5) is 15.2. The molecule has 0 aromatic heterocycles. The first-order chi connectivity index (χ1) is 13.0. The Bertz CT molecular complexity index is 828. The minimum atomic E-state index is -3.47. The van der Waals surface area contributed by atoms with E-state index in [1.807, 2.05) is 6.08 Å². The summed E-state index contributed by atoms with van der Waals surface area (Å²) < 4.78 is 35.7. The van der Waals surface area contributed by atoms with E-state index in [2.05, 4.69) is 16.8 Å². The maximum Gasteiger partial charge on any atom is 0.255 e. The molecular formula is C19H27ClN2O5S.